The highest BCUT2D eigenvalue weighted by Crippen LogP contribution is 2.18. The van der Waals surface area contributed by atoms with Crippen molar-refractivity contribution in [1.82, 2.24) is 15.5 Å². The smallest absolute Gasteiger partial charge is 0.481 e. The second-order valence-electron chi connectivity index (χ2n) is 9.45. The molecule has 0 atom stereocenters. The Morgan fingerprint density at radius 3 is 1.74 bits per heavy atom. The van der Waals surface area contributed by atoms with Gasteiger partial charge in [0.25, 0.3) is 23.6 Å². The molecule has 13 nitrogen and oxygen atoms in total. The van der Waals surface area contributed by atoms with E-state index in [9.17, 15) is 28.8 Å². The third-order valence-corrected chi connectivity index (χ3v) is 9.04. The largest absolute Gasteiger partial charge is 0.500 e. The summed E-state index contributed by atoms with van der Waals surface area (Å²) in [6.07, 6.45) is 11.6. The second-order valence-corrected chi connectivity index (χ2v) is 12.2. The number of nitrogens with zero attached hydrogens (tertiary/aromatic N) is 1. The van der Waals surface area contributed by atoms with Crippen LogP contribution in [0.25, 0.3) is 0 Å². The molecule has 0 radical (unpaired) electrons. The fourth-order valence-corrected chi connectivity index (χ4v) is 6.50. The lowest BCUT2D eigenvalue weighted by atomic mass is 10.2. The Morgan fingerprint density at radius 1 is 0.767 bits per heavy atom. The number of nitrogens with one attached hydrogen (secondary N) is 2. The summed E-state index contributed by atoms with van der Waals surface area (Å²) >= 11 is 0. The van der Waals surface area contributed by atoms with Crippen LogP contribution in [-0.4, -0.2) is 87.2 Å². The molecule has 2 aliphatic rings. The van der Waals surface area contributed by atoms with Gasteiger partial charge >= 0.3 is 14.8 Å². The van der Waals surface area contributed by atoms with Gasteiger partial charge in [0.15, 0.2) is 0 Å². The maximum atomic E-state index is 11.9. The Balaban J connectivity index is 0.000000950. The average molecular weight is 628 g/mol. The van der Waals surface area contributed by atoms with Crippen molar-refractivity contribution in [3.63, 3.8) is 0 Å². The lowest BCUT2D eigenvalue weighted by molar-refractivity contribution is -0.138. The fourth-order valence-electron chi connectivity index (χ4n) is 3.89. The normalized spacial score (nSPS) is 13.8. The van der Waals surface area contributed by atoms with Gasteiger partial charge in [0.05, 0.1) is 0 Å². The van der Waals surface area contributed by atoms with Crippen LogP contribution in [0.1, 0.15) is 85.5 Å². The number of rotatable bonds is 20. The first kappa shape index (κ1) is 39.8. The molecule has 0 aromatic carbocycles. The van der Waals surface area contributed by atoms with Crippen molar-refractivity contribution < 1.29 is 47.2 Å². The summed E-state index contributed by atoms with van der Waals surface area (Å²) in [5.41, 5.74) is 0. The standard InChI is InChI=1S/C19H34N2O6Si.C6H12O2.C4H3NO2/c1-4-25-28(26-5-2,27-6-3)16-10-14-20-17(22)11-8-7-9-15-21-18(23)12-13-19(21)24;1-2-3-4-5-6(7)8;6-3-1-2-4(7)5-3/h12-13H,4-11,14-16H2,1-3H3,(H,20,22);2-5H2,1H3,(H,7,8);1-2H,(H,5,6,7). The quantitative estimate of drug-likeness (QED) is 0.103. The Bertz CT molecular complexity index is 904. The number of carboxylic acids is 1. The molecule has 5 amide bonds. The van der Waals surface area contributed by atoms with Crippen molar-refractivity contribution in [2.75, 3.05) is 32.9 Å². The Kier molecular flexibility index (Phi) is 22.5. The zero-order valence-corrected chi connectivity index (χ0v) is 27.0. The Hall–Kier alpha value is -3.20. The van der Waals surface area contributed by atoms with Gasteiger partial charge in [-0.05, 0) is 46.5 Å². The van der Waals surface area contributed by atoms with Gasteiger partial charge in [-0.15, -0.1) is 0 Å². The summed E-state index contributed by atoms with van der Waals surface area (Å²) < 4.78 is 17.4. The van der Waals surface area contributed by atoms with Crippen LogP contribution >= 0.6 is 0 Å². The van der Waals surface area contributed by atoms with E-state index in [-0.39, 0.29) is 29.5 Å². The van der Waals surface area contributed by atoms with E-state index in [1.807, 2.05) is 26.1 Å². The van der Waals surface area contributed by atoms with Crippen LogP contribution in [0.5, 0.6) is 0 Å². The first-order valence-corrected chi connectivity index (χ1v) is 16.9. The molecule has 2 rings (SSSR count). The maximum absolute atomic E-state index is 11.9. The predicted molar refractivity (Wildman–Crippen MR) is 161 cm³/mol. The van der Waals surface area contributed by atoms with Gasteiger partial charge in [0.2, 0.25) is 5.91 Å². The minimum atomic E-state index is -2.64. The molecular formula is C29H49N3O10Si. The lowest BCUT2D eigenvalue weighted by Crippen LogP contribution is -2.46. The number of hydrogen-bond acceptors (Lipinski definition) is 9. The molecule has 0 bridgehead atoms. The highest BCUT2D eigenvalue weighted by molar-refractivity contribution is 6.60. The van der Waals surface area contributed by atoms with E-state index in [1.54, 1.807) is 0 Å². The molecule has 2 heterocycles. The monoisotopic (exact) mass is 627 g/mol. The summed E-state index contributed by atoms with van der Waals surface area (Å²) in [7, 11) is -2.64. The fraction of sp³-hybridized carbons (Fsp3) is 0.655. The average Bonchev–Trinajstić information content (AvgIpc) is 3.49. The molecule has 0 unspecified atom stereocenters. The number of aliphatic carboxylic acids is 1. The zero-order chi connectivity index (χ0) is 32.5. The first-order valence-electron chi connectivity index (χ1n) is 15.0. The molecule has 0 aromatic heterocycles. The summed E-state index contributed by atoms with van der Waals surface area (Å²) in [4.78, 5) is 66.0. The van der Waals surface area contributed by atoms with Gasteiger partial charge in [-0.2, -0.15) is 0 Å². The minimum absolute atomic E-state index is 0.00601. The van der Waals surface area contributed by atoms with E-state index in [0.29, 0.717) is 58.2 Å². The zero-order valence-electron chi connectivity index (χ0n) is 26.0. The first-order chi connectivity index (χ1) is 20.5. The number of carbonyl (C=O) groups excluding carboxylic acids is 5. The number of carbonyl (C=O) groups is 6. The molecule has 0 fully saturated rings. The maximum Gasteiger partial charge on any atom is 0.500 e. The minimum Gasteiger partial charge on any atom is -0.481 e. The summed E-state index contributed by atoms with van der Waals surface area (Å²) in [5, 5.41) is 13.1. The lowest BCUT2D eigenvalue weighted by Gasteiger charge is -2.28. The molecule has 0 saturated carbocycles. The molecule has 0 aliphatic carbocycles. The molecule has 0 aromatic rings. The molecule has 0 saturated heterocycles. The Morgan fingerprint density at radius 2 is 1.30 bits per heavy atom. The number of imide groups is 2. The molecule has 2 aliphatic heterocycles. The van der Waals surface area contributed by atoms with E-state index in [1.165, 1.54) is 29.2 Å². The van der Waals surface area contributed by atoms with E-state index < -0.39 is 14.8 Å². The predicted octanol–water partition coefficient (Wildman–Crippen LogP) is 2.88. The van der Waals surface area contributed by atoms with E-state index in [4.69, 9.17) is 18.4 Å². The van der Waals surface area contributed by atoms with Crippen LogP contribution in [0, 0.1) is 0 Å². The molecule has 244 valence electrons. The van der Waals surface area contributed by atoms with Crippen molar-refractivity contribution in [3.05, 3.63) is 24.3 Å². The highest BCUT2D eigenvalue weighted by Gasteiger charge is 2.39. The van der Waals surface area contributed by atoms with Crippen LogP contribution in [0.4, 0.5) is 0 Å². The summed E-state index contributed by atoms with van der Waals surface area (Å²) in [6, 6.07) is 0.675. The van der Waals surface area contributed by atoms with E-state index >= 15 is 0 Å². The van der Waals surface area contributed by atoms with Crippen molar-refractivity contribution >= 4 is 44.3 Å². The highest BCUT2D eigenvalue weighted by atomic mass is 28.4. The van der Waals surface area contributed by atoms with Gasteiger partial charge in [-0.1, -0.05) is 26.2 Å². The van der Waals surface area contributed by atoms with Crippen LogP contribution in [-0.2, 0) is 42.0 Å². The third kappa shape index (κ3) is 19.6. The third-order valence-electron chi connectivity index (χ3n) is 5.89. The van der Waals surface area contributed by atoms with E-state index in [2.05, 4.69) is 12.2 Å². The van der Waals surface area contributed by atoms with Crippen LogP contribution < -0.4 is 10.6 Å². The van der Waals surface area contributed by atoms with Crippen LogP contribution in [0.15, 0.2) is 24.3 Å². The SMILES string of the molecule is CCCCCC(=O)O.CCO[Si](CCCNC(=O)CCCCCN1C(=O)C=CC1=O)(OCC)OCC.O=C1C=CC(=O)N1. The second kappa shape index (κ2) is 24.3. The number of carboxylic acid groups (broad SMARTS) is 1. The molecule has 0 spiro atoms. The number of hydrogen-bond donors (Lipinski definition) is 3. The molecule has 3 N–H and O–H groups in total. The van der Waals surface area contributed by atoms with Gasteiger partial charge in [0.1, 0.15) is 0 Å². The van der Waals surface area contributed by atoms with Crippen molar-refractivity contribution in [3.8, 4) is 0 Å². The number of unbranched alkanes of at least 4 members (excludes halogenated alkanes) is 4. The van der Waals surface area contributed by atoms with Crippen molar-refractivity contribution in [2.45, 2.75) is 91.5 Å². The molecule has 43 heavy (non-hydrogen) atoms. The summed E-state index contributed by atoms with van der Waals surface area (Å²) in [6.45, 7) is 10.4. The van der Waals surface area contributed by atoms with Crippen molar-refractivity contribution in [2.24, 2.45) is 0 Å². The molecule has 14 heteroatoms. The van der Waals surface area contributed by atoms with Gasteiger partial charge in [-0.25, -0.2) is 0 Å². The van der Waals surface area contributed by atoms with Gasteiger partial charge < -0.3 is 23.7 Å². The molecular weight excluding hydrogens is 578 g/mol. The van der Waals surface area contributed by atoms with Crippen LogP contribution in [0.3, 0.4) is 0 Å². The Labute approximate surface area is 255 Å². The van der Waals surface area contributed by atoms with Crippen LogP contribution in [0.2, 0.25) is 6.04 Å². The number of amides is 5. The summed E-state index contributed by atoms with van der Waals surface area (Å²) in [5.74, 6) is -1.85. The van der Waals surface area contributed by atoms with E-state index in [0.717, 1.165) is 38.5 Å². The topological polar surface area (TPSA) is 178 Å². The van der Waals surface area contributed by atoms with Gasteiger partial charge in [-0.3, -0.25) is 39.0 Å². The van der Waals surface area contributed by atoms with Crippen molar-refractivity contribution in [1.29, 1.82) is 0 Å². The van der Waals surface area contributed by atoms with Gasteiger partial charge in [0, 0.05) is 76.1 Å².